The van der Waals surface area contributed by atoms with Crippen molar-refractivity contribution in [1.29, 1.82) is 0 Å². The highest BCUT2D eigenvalue weighted by Gasteiger charge is 2.33. The summed E-state index contributed by atoms with van der Waals surface area (Å²) in [5.41, 5.74) is -1.14. The van der Waals surface area contributed by atoms with Crippen LogP contribution in [0.15, 0.2) is 42.5 Å². The summed E-state index contributed by atoms with van der Waals surface area (Å²) in [6, 6.07) is 6.64. The summed E-state index contributed by atoms with van der Waals surface area (Å²) in [6.07, 6.45) is -4.56. The number of anilines is 1. The predicted molar refractivity (Wildman–Crippen MR) is 92.1 cm³/mol. The number of nitrogens with zero attached hydrogens (tertiary/aromatic N) is 1. The van der Waals surface area contributed by atoms with E-state index in [0.717, 1.165) is 18.2 Å². The summed E-state index contributed by atoms with van der Waals surface area (Å²) >= 11 is 0. The standard InChI is InChI=1S/C19H19F5N2O/c1-3-26(4-2)17(12-7-5-8-13(11-12)19(22,23)24)18(27)25-15-10-6-9-14(20)16(15)21/h5-11,17H,3-4H2,1-2H3,(H,25,27)/t17-/m1/s1. The Morgan fingerprint density at radius 3 is 2.30 bits per heavy atom. The van der Waals surface area contributed by atoms with Gasteiger partial charge in [-0.15, -0.1) is 0 Å². The summed E-state index contributed by atoms with van der Waals surface area (Å²) in [5.74, 6) is -3.11. The first-order valence-electron chi connectivity index (χ1n) is 8.35. The van der Waals surface area contributed by atoms with Crippen LogP contribution >= 0.6 is 0 Å². The van der Waals surface area contributed by atoms with Crippen LogP contribution in [0, 0.1) is 11.6 Å². The van der Waals surface area contributed by atoms with Crippen LogP contribution in [0.25, 0.3) is 0 Å². The van der Waals surface area contributed by atoms with E-state index in [-0.39, 0.29) is 11.3 Å². The number of likely N-dealkylation sites (N-methyl/N-ethyl adjacent to an activating group) is 1. The lowest BCUT2D eigenvalue weighted by Crippen LogP contribution is -2.37. The number of halogens is 5. The monoisotopic (exact) mass is 386 g/mol. The molecule has 1 atom stereocenters. The van der Waals surface area contributed by atoms with Gasteiger partial charge in [-0.1, -0.05) is 32.0 Å². The van der Waals surface area contributed by atoms with Gasteiger partial charge in [0, 0.05) is 0 Å². The van der Waals surface area contributed by atoms with Crippen molar-refractivity contribution in [3.05, 3.63) is 65.2 Å². The number of rotatable bonds is 6. The molecule has 0 aliphatic rings. The molecule has 2 rings (SSSR count). The fourth-order valence-corrected chi connectivity index (χ4v) is 2.80. The second-order valence-electron chi connectivity index (χ2n) is 5.84. The predicted octanol–water partition coefficient (Wildman–Crippen LogP) is 5.01. The molecule has 8 heteroatoms. The highest BCUT2D eigenvalue weighted by Crippen LogP contribution is 2.32. The van der Waals surface area contributed by atoms with Gasteiger partial charge in [-0.2, -0.15) is 13.2 Å². The van der Waals surface area contributed by atoms with Crippen LogP contribution in [0.3, 0.4) is 0 Å². The van der Waals surface area contributed by atoms with Gasteiger partial charge in [0.15, 0.2) is 11.6 Å². The molecule has 0 heterocycles. The average Bonchev–Trinajstić information content (AvgIpc) is 2.62. The number of carbonyl (C=O) groups excluding carboxylic acids is 1. The number of hydrogen-bond acceptors (Lipinski definition) is 2. The molecule has 2 aromatic rings. The first kappa shape index (κ1) is 20.8. The van der Waals surface area contributed by atoms with E-state index in [2.05, 4.69) is 5.32 Å². The van der Waals surface area contributed by atoms with E-state index >= 15 is 0 Å². The van der Waals surface area contributed by atoms with Crippen molar-refractivity contribution >= 4 is 11.6 Å². The van der Waals surface area contributed by atoms with E-state index < -0.39 is 35.3 Å². The second kappa shape index (κ2) is 8.47. The molecule has 2 aromatic carbocycles. The topological polar surface area (TPSA) is 32.3 Å². The van der Waals surface area contributed by atoms with Crippen molar-refractivity contribution in [2.24, 2.45) is 0 Å². The summed E-state index contributed by atoms with van der Waals surface area (Å²) in [4.78, 5) is 14.4. The molecule has 0 spiro atoms. The van der Waals surface area contributed by atoms with Crippen molar-refractivity contribution in [2.75, 3.05) is 18.4 Å². The molecular formula is C19H19F5N2O. The highest BCUT2D eigenvalue weighted by molar-refractivity contribution is 5.95. The lowest BCUT2D eigenvalue weighted by Gasteiger charge is -2.29. The normalized spacial score (nSPS) is 12.9. The molecule has 0 radical (unpaired) electrons. The number of benzene rings is 2. The molecule has 0 bridgehead atoms. The Kier molecular flexibility index (Phi) is 6.54. The van der Waals surface area contributed by atoms with E-state index in [4.69, 9.17) is 0 Å². The van der Waals surface area contributed by atoms with Crippen LogP contribution in [-0.4, -0.2) is 23.9 Å². The zero-order chi connectivity index (χ0) is 20.2. The molecule has 146 valence electrons. The van der Waals surface area contributed by atoms with Crippen LogP contribution in [0.2, 0.25) is 0 Å². The van der Waals surface area contributed by atoms with Gasteiger partial charge in [-0.3, -0.25) is 9.69 Å². The molecule has 0 saturated carbocycles. The third kappa shape index (κ3) is 4.82. The Balaban J connectivity index is 2.43. The molecular weight excluding hydrogens is 367 g/mol. The van der Waals surface area contributed by atoms with Crippen LogP contribution in [0.5, 0.6) is 0 Å². The summed E-state index contributed by atoms with van der Waals surface area (Å²) < 4.78 is 66.3. The average molecular weight is 386 g/mol. The second-order valence-corrected chi connectivity index (χ2v) is 5.84. The number of amides is 1. The third-order valence-corrected chi connectivity index (χ3v) is 4.17. The number of nitrogens with one attached hydrogen (secondary N) is 1. The summed E-state index contributed by atoms with van der Waals surface area (Å²) in [5, 5.41) is 2.28. The molecule has 0 saturated heterocycles. The van der Waals surface area contributed by atoms with Crippen molar-refractivity contribution < 1.29 is 26.7 Å². The molecule has 0 aliphatic carbocycles. The first-order chi connectivity index (χ1) is 12.7. The van der Waals surface area contributed by atoms with Crippen LogP contribution in [-0.2, 0) is 11.0 Å². The number of hydrogen-bond donors (Lipinski definition) is 1. The van der Waals surface area contributed by atoms with E-state index in [0.29, 0.717) is 13.1 Å². The molecule has 0 fully saturated rings. The molecule has 3 nitrogen and oxygen atoms in total. The maximum absolute atomic E-state index is 13.9. The smallest absolute Gasteiger partial charge is 0.322 e. The zero-order valence-corrected chi connectivity index (χ0v) is 14.8. The summed E-state index contributed by atoms with van der Waals surface area (Å²) in [6.45, 7) is 4.24. The van der Waals surface area contributed by atoms with Gasteiger partial charge in [-0.25, -0.2) is 8.78 Å². The maximum atomic E-state index is 13.9. The molecule has 1 amide bonds. The Morgan fingerprint density at radius 1 is 1.07 bits per heavy atom. The highest BCUT2D eigenvalue weighted by atomic mass is 19.4. The van der Waals surface area contributed by atoms with Gasteiger partial charge >= 0.3 is 6.18 Å². The van der Waals surface area contributed by atoms with Gasteiger partial charge in [0.1, 0.15) is 6.04 Å². The van der Waals surface area contributed by atoms with Gasteiger partial charge in [0.05, 0.1) is 11.3 Å². The van der Waals surface area contributed by atoms with Crippen LogP contribution in [0.1, 0.15) is 31.0 Å². The Hall–Kier alpha value is -2.48. The zero-order valence-electron chi connectivity index (χ0n) is 14.8. The van der Waals surface area contributed by atoms with Gasteiger partial charge < -0.3 is 5.32 Å². The Bertz CT molecular complexity index is 803. The summed E-state index contributed by atoms with van der Waals surface area (Å²) in [7, 11) is 0. The van der Waals surface area contributed by atoms with E-state index in [1.165, 1.54) is 24.3 Å². The minimum absolute atomic E-state index is 0.114. The fourth-order valence-electron chi connectivity index (χ4n) is 2.80. The van der Waals surface area contributed by atoms with Crippen molar-refractivity contribution in [3.8, 4) is 0 Å². The largest absolute Gasteiger partial charge is 0.416 e. The Labute approximate surface area is 153 Å². The van der Waals surface area contributed by atoms with E-state index in [1.807, 2.05) is 0 Å². The lowest BCUT2D eigenvalue weighted by atomic mass is 10.0. The molecule has 1 N–H and O–H groups in total. The number of carbonyl (C=O) groups is 1. The van der Waals surface area contributed by atoms with Gasteiger partial charge in [0.25, 0.3) is 0 Å². The van der Waals surface area contributed by atoms with Crippen LogP contribution < -0.4 is 5.32 Å². The Morgan fingerprint density at radius 2 is 1.70 bits per heavy atom. The minimum Gasteiger partial charge on any atom is -0.322 e. The number of alkyl halides is 3. The van der Waals surface area contributed by atoms with Crippen molar-refractivity contribution in [1.82, 2.24) is 4.90 Å². The van der Waals surface area contributed by atoms with Crippen molar-refractivity contribution in [2.45, 2.75) is 26.1 Å². The third-order valence-electron chi connectivity index (χ3n) is 4.17. The minimum atomic E-state index is -4.56. The van der Waals surface area contributed by atoms with E-state index in [9.17, 15) is 26.7 Å². The molecule has 0 aliphatic heterocycles. The fraction of sp³-hybridized carbons (Fsp3) is 0.316. The van der Waals surface area contributed by atoms with Crippen molar-refractivity contribution in [3.63, 3.8) is 0 Å². The lowest BCUT2D eigenvalue weighted by molar-refractivity contribution is -0.137. The van der Waals surface area contributed by atoms with Crippen LogP contribution in [0.4, 0.5) is 27.6 Å². The first-order valence-corrected chi connectivity index (χ1v) is 8.35. The maximum Gasteiger partial charge on any atom is 0.416 e. The van der Waals surface area contributed by atoms with E-state index in [1.54, 1.807) is 18.7 Å². The molecule has 27 heavy (non-hydrogen) atoms. The quantitative estimate of drug-likeness (QED) is 0.709. The molecule has 0 unspecified atom stereocenters. The van der Waals surface area contributed by atoms with Gasteiger partial charge in [-0.05, 0) is 42.9 Å². The van der Waals surface area contributed by atoms with Gasteiger partial charge in [0.2, 0.25) is 5.91 Å². The SMILES string of the molecule is CCN(CC)[C@@H](C(=O)Nc1cccc(F)c1F)c1cccc(C(F)(F)F)c1. The molecule has 0 aromatic heterocycles.